The van der Waals surface area contributed by atoms with E-state index in [4.69, 9.17) is 16.3 Å². The average molecular weight is 373 g/mol. The minimum Gasteiger partial charge on any atom is -0.492 e. The summed E-state index contributed by atoms with van der Waals surface area (Å²) in [5, 5.41) is 3.40. The van der Waals surface area contributed by atoms with Crippen LogP contribution in [0.1, 0.15) is 29.7 Å². The summed E-state index contributed by atoms with van der Waals surface area (Å²) in [5.74, 6) is 0.330. The van der Waals surface area contributed by atoms with Crippen molar-refractivity contribution in [3.05, 3.63) is 58.1 Å². The molecule has 2 amide bonds. The number of hydrogen-bond donors (Lipinski definition) is 1. The third-order valence-electron chi connectivity index (χ3n) is 4.31. The van der Waals surface area contributed by atoms with Crippen molar-refractivity contribution in [2.45, 2.75) is 26.8 Å². The summed E-state index contributed by atoms with van der Waals surface area (Å²) in [6, 6.07) is 10.4. The fourth-order valence-corrected chi connectivity index (χ4v) is 3.46. The molecule has 1 aliphatic rings. The molecule has 2 aromatic rings. The zero-order valence-corrected chi connectivity index (χ0v) is 15.8. The van der Waals surface area contributed by atoms with Gasteiger partial charge in [-0.25, -0.2) is 0 Å². The molecule has 3 rings (SSSR count). The van der Waals surface area contributed by atoms with Crippen LogP contribution in [0.2, 0.25) is 5.02 Å². The molecule has 26 heavy (non-hydrogen) atoms. The highest BCUT2D eigenvalue weighted by atomic mass is 35.5. The molecular formula is C20H21ClN2O3. The molecule has 1 N–H and O–H groups in total. The van der Waals surface area contributed by atoms with Gasteiger partial charge in [0, 0.05) is 17.5 Å². The molecule has 6 heteroatoms. The number of carbonyl (C=O) groups excluding carboxylic acids is 2. The van der Waals surface area contributed by atoms with Crippen LogP contribution in [0.3, 0.4) is 0 Å². The van der Waals surface area contributed by atoms with Crippen molar-refractivity contribution in [1.82, 2.24) is 5.32 Å². The van der Waals surface area contributed by atoms with Gasteiger partial charge in [-0.15, -0.1) is 0 Å². The van der Waals surface area contributed by atoms with Crippen molar-refractivity contribution in [1.29, 1.82) is 0 Å². The number of halogens is 1. The van der Waals surface area contributed by atoms with Crippen LogP contribution in [0, 0.1) is 13.8 Å². The van der Waals surface area contributed by atoms with Gasteiger partial charge in [0.25, 0.3) is 5.91 Å². The third kappa shape index (κ3) is 3.68. The largest absolute Gasteiger partial charge is 0.492 e. The van der Waals surface area contributed by atoms with Gasteiger partial charge in [0.2, 0.25) is 5.91 Å². The predicted molar refractivity (Wildman–Crippen MR) is 102 cm³/mol. The average Bonchev–Trinajstić information content (AvgIpc) is 2.82. The van der Waals surface area contributed by atoms with Gasteiger partial charge in [-0.05, 0) is 43.7 Å². The lowest BCUT2D eigenvalue weighted by Gasteiger charge is -2.20. The Morgan fingerprint density at radius 3 is 2.58 bits per heavy atom. The number of anilines is 1. The molecule has 0 fully saturated rings. The Morgan fingerprint density at radius 1 is 1.23 bits per heavy atom. The molecule has 0 saturated heterocycles. The quantitative estimate of drug-likeness (QED) is 0.873. The predicted octanol–water partition coefficient (Wildman–Crippen LogP) is 3.56. The molecule has 0 aromatic heterocycles. The number of nitrogens with one attached hydrogen (secondary N) is 1. The number of benzene rings is 2. The maximum atomic E-state index is 12.9. The van der Waals surface area contributed by atoms with E-state index in [-0.39, 0.29) is 11.8 Å². The first-order valence-electron chi connectivity index (χ1n) is 8.45. The van der Waals surface area contributed by atoms with E-state index in [1.54, 1.807) is 29.2 Å². The number of aryl methyl sites for hydroxylation is 2. The van der Waals surface area contributed by atoms with Gasteiger partial charge in [-0.1, -0.05) is 29.3 Å². The number of ether oxygens (including phenoxy) is 1. The standard InChI is InChI=1S/C20H21ClN2O3/c1-12-10-13(2)19-17(11-12)18(22-14(3)24)20(25)23(19)8-9-26-16-6-4-15(21)5-7-16/h4-7,10-11,18H,8-9H2,1-3H3,(H,22,24)/t18-/m0/s1. The summed E-state index contributed by atoms with van der Waals surface area (Å²) in [4.78, 5) is 26.1. The lowest BCUT2D eigenvalue weighted by atomic mass is 10.0. The van der Waals surface area contributed by atoms with Gasteiger partial charge < -0.3 is 15.0 Å². The summed E-state index contributed by atoms with van der Waals surface area (Å²) in [5.41, 5.74) is 3.77. The summed E-state index contributed by atoms with van der Waals surface area (Å²) in [6.07, 6.45) is 0. The lowest BCUT2D eigenvalue weighted by Crippen LogP contribution is -2.38. The number of fused-ring (bicyclic) bond motifs is 1. The van der Waals surface area contributed by atoms with Crippen molar-refractivity contribution in [2.75, 3.05) is 18.1 Å². The molecule has 5 nitrogen and oxygen atoms in total. The molecule has 0 bridgehead atoms. The van der Waals surface area contributed by atoms with E-state index >= 15 is 0 Å². The Bertz CT molecular complexity index is 849. The van der Waals surface area contributed by atoms with Crippen LogP contribution in [0.25, 0.3) is 0 Å². The molecule has 1 heterocycles. The third-order valence-corrected chi connectivity index (χ3v) is 4.57. The molecular weight excluding hydrogens is 352 g/mol. The van der Waals surface area contributed by atoms with Gasteiger partial charge in [-0.3, -0.25) is 9.59 Å². The van der Waals surface area contributed by atoms with Crippen LogP contribution in [0.5, 0.6) is 5.75 Å². The molecule has 2 aromatic carbocycles. The first-order valence-corrected chi connectivity index (χ1v) is 8.82. The van der Waals surface area contributed by atoms with Gasteiger partial charge in [0.05, 0.1) is 12.2 Å². The minimum absolute atomic E-state index is 0.136. The van der Waals surface area contributed by atoms with Crippen LogP contribution in [0.15, 0.2) is 36.4 Å². The summed E-state index contributed by atoms with van der Waals surface area (Å²) >= 11 is 5.87. The molecule has 0 spiro atoms. The Morgan fingerprint density at radius 2 is 1.92 bits per heavy atom. The van der Waals surface area contributed by atoms with E-state index in [2.05, 4.69) is 5.32 Å². The van der Waals surface area contributed by atoms with E-state index in [0.29, 0.717) is 23.9 Å². The Hall–Kier alpha value is -2.53. The summed E-state index contributed by atoms with van der Waals surface area (Å²) < 4.78 is 5.73. The van der Waals surface area contributed by atoms with Gasteiger partial charge in [0.15, 0.2) is 0 Å². The number of hydrogen-bond acceptors (Lipinski definition) is 3. The van der Waals surface area contributed by atoms with E-state index in [1.165, 1.54) is 6.92 Å². The highest BCUT2D eigenvalue weighted by Crippen LogP contribution is 2.39. The fraction of sp³-hybridized carbons (Fsp3) is 0.300. The maximum absolute atomic E-state index is 12.9. The smallest absolute Gasteiger partial charge is 0.254 e. The molecule has 136 valence electrons. The highest BCUT2D eigenvalue weighted by molar-refractivity contribution is 6.30. The first kappa shape index (κ1) is 18.3. The van der Waals surface area contributed by atoms with Gasteiger partial charge >= 0.3 is 0 Å². The second-order valence-electron chi connectivity index (χ2n) is 6.45. The number of carbonyl (C=O) groups is 2. The molecule has 1 aliphatic heterocycles. The van der Waals surface area contributed by atoms with Crippen LogP contribution < -0.4 is 15.0 Å². The molecule has 0 radical (unpaired) electrons. The number of nitrogens with zero attached hydrogens (tertiary/aromatic N) is 1. The number of rotatable bonds is 5. The Kier molecular flexibility index (Phi) is 5.18. The first-order chi connectivity index (χ1) is 12.4. The normalized spacial score (nSPS) is 15.8. The topological polar surface area (TPSA) is 58.6 Å². The van der Waals surface area contributed by atoms with Crippen molar-refractivity contribution in [3.63, 3.8) is 0 Å². The van der Waals surface area contributed by atoms with Gasteiger partial charge in [0.1, 0.15) is 18.4 Å². The van der Waals surface area contributed by atoms with Crippen LogP contribution >= 0.6 is 11.6 Å². The SMILES string of the molecule is CC(=O)N[C@@H]1C(=O)N(CCOc2ccc(Cl)cc2)c2c(C)cc(C)cc21. The zero-order chi connectivity index (χ0) is 18.8. The highest BCUT2D eigenvalue weighted by Gasteiger charge is 2.38. The molecule has 1 atom stereocenters. The van der Waals surface area contributed by atoms with E-state index in [0.717, 1.165) is 22.4 Å². The van der Waals surface area contributed by atoms with Crippen molar-refractivity contribution in [3.8, 4) is 5.75 Å². The summed E-state index contributed by atoms with van der Waals surface area (Å²) in [6.45, 7) is 6.11. The maximum Gasteiger partial charge on any atom is 0.254 e. The molecule has 0 unspecified atom stereocenters. The monoisotopic (exact) mass is 372 g/mol. The second-order valence-corrected chi connectivity index (χ2v) is 6.88. The van der Waals surface area contributed by atoms with Crippen molar-refractivity contribution in [2.24, 2.45) is 0 Å². The molecule has 0 saturated carbocycles. The van der Waals surface area contributed by atoms with Crippen LogP contribution in [0.4, 0.5) is 5.69 Å². The minimum atomic E-state index is -0.642. The van der Waals surface area contributed by atoms with E-state index in [1.807, 2.05) is 26.0 Å². The Balaban J connectivity index is 1.80. The van der Waals surface area contributed by atoms with E-state index in [9.17, 15) is 9.59 Å². The fourth-order valence-electron chi connectivity index (χ4n) is 3.33. The Labute approximate surface area is 157 Å². The molecule has 0 aliphatic carbocycles. The number of amides is 2. The van der Waals surface area contributed by atoms with Crippen LogP contribution in [-0.4, -0.2) is 25.0 Å². The van der Waals surface area contributed by atoms with Crippen molar-refractivity contribution >= 4 is 29.1 Å². The zero-order valence-electron chi connectivity index (χ0n) is 15.0. The van der Waals surface area contributed by atoms with Gasteiger partial charge in [-0.2, -0.15) is 0 Å². The lowest BCUT2D eigenvalue weighted by molar-refractivity contribution is -0.126. The summed E-state index contributed by atoms with van der Waals surface area (Å²) in [7, 11) is 0. The van der Waals surface area contributed by atoms with Crippen LogP contribution in [-0.2, 0) is 9.59 Å². The van der Waals surface area contributed by atoms with E-state index < -0.39 is 6.04 Å². The van der Waals surface area contributed by atoms with Crippen molar-refractivity contribution < 1.29 is 14.3 Å². The second kappa shape index (κ2) is 7.38.